The molecule has 0 N–H and O–H groups in total. The van der Waals surface area contributed by atoms with E-state index in [0.29, 0.717) is 103 Å². The van der Waals surface area contributed by atoms with Gasteiger partial charge >= 0.3 is 5.97 Å². The number of ketones is 3. The summed E-state index contributed by atoms with van der Waals surface area (Å²) in [5, 5.41) is 0. The standard InChI is InChI=1S/C14H32N2.C14H28O.C13H26O2.C11H23NO.C11H25N.C11H20O2/c1-11(2)15(12(3)4)9-10-16(13(5)6)14(7)8;1-10(2)9-13(11(3)4)7-8-14(15)12(5)6;1-9(2)7-12(10(3)4)8-15-13(14)11(5)6;1-8(2)7-12(10(5)6)11(13)9(3)4;1-9(2)7-12(11(5)6)8-10(3)4;1-8(2)10(12)6-5-7-11(13)9(3)4/h11-14H,9-10H2,1-8H3;10-13H,7-9H2,1-6H3;9-12H,7-8H2,1-6H3;8-10H,7H2,1-6H3;9-11H,7-8H2,1-6H3;8-9H,5-7H2,1-4H3. The van der Waals surface area contributed by atoms with Crippen LogP contribution in [-0.2, 0) is 28.7 Å². The Hall–Kier alpha value is -2.17. The van der Waals surface area contributed by atoms with Crippen molar-refractivity contribution in [2.45, 2.75) is 330 Å². The maximum absolute atomic E-state index is 11.7. The Morgan fingerprint density at radius 2 is 0.655 bits per heavy atom. The Morgan fingerprint density at radius 3 is 0.893 bits per heavy atom. The first-order valence-electron chi connectivity index (χ1n) is 34.5. The molecule has 10 heteroatoms. The highest BCUT2D eigenvalue weighted by Crippen LogP contribution is 2.26. The van der Waals surface area contributed by atoms with Gasteiger partial charge in [0.25, 0.3) is 0 Å². The lowest BCUT2D eigenvalue weighted by Gasteiger charge is -2.36. The minimum Gasteiger partial charge on any atom is -0.465 e. The van der Waals surface area contributed by atoms with Crippen molar-refractivity contribution in [2.75, 3.05) is 39.3 Å². The van der Waals surface area contributed by atoms with Crippen LogP contribution in [0.15, 0.2) is 0 Å². The molecule has 0 rings (SSSR count). The molecule has 2 atom stereocenters. The predicted octanol–water partition coefficient (Wildman–Crippen LogP) is 19.2. The number of esters is 1. The quantitative estimate of drug-likeness (QED) is 0.0573. The summed E-state index contributed by atoms with van der Waals surface area (Å²) >= 11 is 0. The molecule has 0 aromatic carbocycles. The fraction of sp³-hybridized carbons (Fsp3) is 0.932. The second-order valence-corrected chi connectivity index (χ2v) is 30.6. The molecule has 0 bridgehead atoms. The zero-order valence-corrected chi connectivity index (χ0v) is 63.5. The lowest BCUT2D eigenvalue weighted by Crippen LogP contribution is -2.46. The highest BCUT2D eigenvalue weighted by Gasteiger charge is 2.23. The molecule has 506 valence electrons. The summed E-state index contributed by atoms with van der Waals surface area (Å²) in [5.41, 5.74) is 0. The Morgan fingerprint density at radius 1 is 0.333 bits per heavy atom. The summed E-state index contributed by atoms with van der Waals surface area (Å²) in [6, 6.07) is 3.57. The summed E-state index contributed by atoms with van der Waals surface area (Å²) in [6.07, 6.45) is 6.05. The molecule has 0 aliphatic rings. The number of nitrogens with zero attached hydrogens (tertiary/aromatic N) is 4. The molecular formula is C74H154N4O6. The van der Waals surface area contributed by atoms with Gasteiger partial charge in [0.2, 0.25) is 5.91 Å². The van der Waals surface area contributed by atoms with Crippen molar-refractivity contribution in [1.82, 2.24) is 19.6 Å². The molecule has 0 aliphatic heterocycles. The predicted molar refractivity (Wildman–Crippen MR) is 371 cm³/mol. The number of hydrogen-bond donors (Lipinski definition) is 0. The van der Waals surface area contributed by atoms with E-state index in [9.17, 15) is 24.0 Å². The van der Waals surface area contributed by atoms with Crippen molar-refractivity contribution in [1.29, 1.82) is 0 Å². The molecule has 84 heavy (non-hydrogen) atoms. The van der Waals surface area contributed by atoms with Gasteiger partial charge in [-0.3, -0.25) is 33.8 Å². The number of rotatable bonds is 35. The van der Waals surface area contributed by atoms with Crippen molar-refractivity contribution in [3.8, 4) is 0 Å². The highest BCUT2D eigenvalue weighted by atomic mass is 16.5. The normalized spacial score (nSPS) is 12.7. The number of Topliss-reactive ketones (excluding diaryl/α,β-unsaturated/α-hetero) is 3. The zero-order valence-electron chi connectivity index (χ0n) is 63.5. The second-order valence-electron chi connectivity index (χ2n) is 30.6. The van der Waals surface area contributed by atoms with Gasteiger partial charge in [-0.15, -0.1) is 0 Å². The van der Waals surface area contributed by atoms with Crippen molar-refractivity contribution < 1.29 is 28.7 Å². The Kier molecular flexibility index (Phi) is 58.4. The third kappa shape index (κ3) is 55.2. The van der Waals surface area contributed by atoms with Crippen LogP contribution in [0.4, 0.5) is 0 Å². The summed E-state index contributed by atoms with van der Waals surface area (Å²) in [6.45, 7) is 83.8. The minimum absolute atomic E-state index is 0.0168. The molecule has 2 unspecified atom stereocenters. The number of carbonyl (C=O) groups is 5. The Labute approximate surface area is 527 Å². The first-order chi connectivity index (χ1) is 38.2. The van der Waals surface area contributed by atoms with Gasteiger partial charge < -0.3 is 14.5 Å². The van der Waals surface area contributed by atoms with Crippen molar-refractivity contribution in [2.24, 2.45) is 82.9 Å². The van der Waals surface area contributed by atoms with Crippen LogP contribution in [0.25, 0.3) is 0 Å². The SMILES string of the molecule is CC(C)C(=O)CCCC(=O)C(C)C.CC(C)CC(CCC(=O)C(C)C)C(C)C.CC(C)CC(COC(=O)C(C)C)C(C)C.CC(C)CN(C(=O)C(C)C)C(C)C.CC(C)CN(CC(C)C)C(C)C.CC(C)N(CCN(C(C)C)C(C)C)C(C)C. The van der Waals surface area contributed by atoms with Crippen LogP contribution in [0.5, 0.6) is 0 Å². The van der Waals surface area contributed by atoms with Gasteiger partial charge in [-0.05, 0) is 162 Å². The average Bonchev–Trinajstić information content (AvgIpc) is 3.33. The van der Waals surface area contributed by atoms with E-state index in [1.165, 1.54) is 32.6 Å². The second kappa shape index (κ2) is 52.7. The fourth-order valence-electron chi connectivity index (χ4n) is 9.62. The molecule has 10 nitrogen and oxygen atoms in total. The van der Waals surface area contributed by atoms with Crippen LogP contribution in [0.2, 0.25) is 0 Å². The number of hydrogen-bond acceptors (Lipinski definition) is 9. The van der Waals surface area contributed by atoms with E-state index in [4.69, 9.17) is 4.74 Å². The first kappa shape index (κ1) is 93.0. The molecule has 0 fully saturated rings. The Balaban J connectivity index is -0.000000218. The van der Waals surface area contributed by atoms with Gasteiger partial charge in [0.05, 0.1) is 12.5 Å². The molecule has 0 radical (unpaired) electrons. The van der Waals surface area contributed by atoms with Crippen molar-refractivity contribution in [3.63, 3.8) is 0 Å². The molecule has 0 aliphatic carbocycles. The van der Waals surface area contributed by atoms with E-state index in [-0.39, 0.29) is 53.0 Å². The van der Waals surface area contributed by atoms with Crippen LogP contribution in [0, 0.1) is 82.9 Å². The lowest BCUT2D eigenvalue weighted by atomic mass is 9.83. The third-order valence-electron chi connectivity index (χ3n) is 15.0. The van der Waals surface area contributed by atoms with E-state index in [1.54, 1.807) is 0 Å². The van der Waals surface area contributed by atoms with Crippen LogP contribution in [0.1, 0.15) is 294 Å². The van der Waals surface area contributed by atoms with Crippen molar-refractivity contribution >= 4 is 29.2 Å². The van der Waals surface area contributed by atoms with Gasteiger partial charge in [0.1, 0.15) is 17.3 Å². The van der Waals surface area contributed by atoms with Gasteiger partial charge in [-0.25, -0.2) is 0 Å². The van der Waals surface area contributed by atoms with Gasteiger partial charge in [0.15, 0.2) is 0 Å². The topological polar surface area (TPSA) is 108 Å². The number of amides is 1. The third-order valence-corrected chi connectivity index (χ3v) is 15.0. The molecule has 0 heterocycles. The monoisotopic (exact) mass is 1200 g/mol. The van der Waals surface area contributed by atoms with E-state index < -0.39 is 0 Å². The highest BCUT2D eigenvalue weighted by molar-refractivity contribution is 5.83. The molecule has 0 saturated carbocycles. The molecule has 0 aromatic heterocycles. The van der Waals surface area contributed by atoms with E-state index >= 15 is 0 Å². The average molecular weight is 1200 g/mol. The molecule has 0 saturated heterocycles. The Bertz CT molecular complexity index is 1480. The van der Waals surface area contributed by atoms with Crippen molar-refractivity contribution in [3.05, 3.63) is 0 Å². The lowest BCUT2D eigenvalue weighted by molar-refractivity contribution is -0.149. The van der Waals surface area contributed by atoms with Gasteiger partial charge in [-0.2, -0.15) is 0 Å². The fourth-order valence-corrected chi connectivity index (χ4v) is 9.62. The summed E-state index contributed by atoms with van der Waals surface area (Å²) in [7, 11) is 0. The summed E-state index contributed by atoms with van der Waals surface area (Å²) in [4.78, 5) is 66.7. The maximum atomic E-state index is 11.7. The van der Waals surface area contributed by atoms with Gasteiger partial charge in [-0.1, -0.05) is 166 Å². The van der Waals surface area contributed by atoms with Gasteiger partial charge in [0, 0.05) is 112 Å². The molecule has 0 spiro atoms. The van der Waals surface area contributed by atoms with E-state index in [1.807, 2.05) is 74.1 Å². The first-order valence-corrected chi connectivity index (χ1v) is 34.5. The maximum Gasteiger partial charge on any atom is 0.308 e. The van der Waals surface area contributed by atoms with E-state index in [2.05, 4.69) is 195 Å². The summed E-state index contributed by atoms with van der Waals surface area (Å²) in [5.74, 6) is 7.65. The molecular weight excluding hydrogens is 1040 g/mol. The molecule has 1 amide bonds. The molecule has 0 aromatic rings. The van der Waals surface area contributed by atoms with Crippen LogP contribution < -0.4 is 0 Å². The number of carbonyl (C=O) groups excluding carboxylic acids is 5. The van der Waals surface area contributed by atoms with Crippen LogP contribution in [0.3, 0.4) is 0 Å². The largest absolute Gasteiger partial charge is 0.465 e. The van der Waals surface area contributed by atoms with E-state index in [0.717, 1.165) is 43.6 Å². The smallest absolute Gasteiger partial charge is 0.308 e. The van der Waals surface area contributed by atoms with Crippen LogP contribution >= 0.6 is 0 Å². The number of ether oxygens (including phenoxy) is 1. The van der Waals surface area contributed by atoms with Crippen LogP contribution in [-0.4, -0.2) is 124 Å². The summed E-state index contributed by atoms with van der Waals surface area (Å²) < 4.78 is 5.29. The minimum atomic E-state index is -0.0793. The zero-order chi connectivity index (χ0) is 67.6.